The molecule has 1 aliphatic rings. The number of benzene rings is 2. The molecule has 148 valence electrons. The number of hydrogen-bond donors (Lipinski definition) is 0. The molecule has 1 amide bonds. The topological polar surface area (TPSA) is 74.8 Å². The Labute approximate surface area is 173 Å². The lowest BCUT2D eigenvalue weighted by molar-refractivity contribution is -0.131. The van der Waals surface area contributed by atoms with Crippen LogP contribution in [-0.2, 0) is 21.2 Å². The number of sulfonamides is 1. The third-order valence-electron chi connectivity index (χ3n) is 4.73. The molecule has 1 heterocycles. The molecule has 0 aliphatic carbocycles. The lowest BCUT2D eigenvalue weighted by Gasteiger charge is -2.34. The standard InChI is InChI=1S/C20H21BrN2O4S/c1-15(24)17-5-7-19(8-6-17)28(26,27)23-11-9-22(10-12-23)20(25)14-16-3-2-4-18(21)13-16/h2-8,13H,9-12,14H2,1H3. The van der Waals surface area contributed by atoms with Crippen molar-refractivity contribution in [3.8, 4) is 0 Å². The summed E-state index contributed by atoms with van der Waals surface area (Å²) in [4.78, 5) is 25.7. The predicted octanol–water partition coefficient (Wildman–Crippen LogP) is 2.73. The van der Waals surface area contributed by atoms with E-state index in [2.05, 4.69) is 15.9 Å². The molecule has 0 N–H and O–H groups in total. The Morgan fingerprint density at radius 1 is 1.00 bits per heavy atom. The number of hydrogen-bond acceptors (Lipinski definition) is 4. The van der Waals surface area contributed by atoms with E-state index in [1.54, 1.807) is 4.90 Å². The molecule has 0 unspecified atom stereocenters. The third kappa shape index (κ3) is 4.68. The summed E-state index contributed by atoms with van der Waals surface area (Å²) in [5.74, 6) is -0.123. The van der Waals surface area contributed by atoms with Crippen LogP contribution in [-0.4, -0.2) is 55.5 Å². The molecule has 3 rings (SSSR count). The third-order valence-corrected chi connectivity index (χ3v) is 7.14. The van der Waals surface area contributed by atoms with E-state index >= 15 is 0 Å². The number of ketones is 1. The second-order valence-electron chi connectivity index (χ2n) is 6.67. The summed E-state index contributed by atoms with van der Waals surface area (Å²) in [5, 5.41) is 0. The predicted molar refractivity (Wildman–Crippen MR) is 110 cm³/mol. The van der Waals surface area contributed by atoms with Crippen molar-refractivity contribution >= 4 is 37.6 Å². The molecule has 0 aromatic heterocycles. The monoisotopic (exact) mass is 464 g/mol. The van der Waals surface area contributed by atoms with Gasteiger partial charge in [-0.05, 0) is 36.8 Å². The maximum absolute atomic E-state index is 12.8. The highest BCUT2D eigenvalue weighted by molar-refractivity contribution is 9.10. The Hall–Kier alpha value is -2.03. The molecule has 2 aromatic rings. The molecule has 0 spiro atoms. The number of carbonyl (C=O) groups excluding carboxylic acids is 2. The first-order valence-electron chi connectivity index (χ1n) is 8.91. The van der Waals surface area contributed by atoms with Crippen LogP contribution in [0.4, 0.5) is 0 Å². The minimum absolute atomic E-state index is 0.0130. The van der Waals surface area contributed by atoms with Gasteiger partial charge in [-0.15, -0.1) is 0 Å². The maximum atomic E-state index is 12.8. The van der Waals surface area contributed by atoms with Gasteiger partial charge in [0.25, 0.3) is 0 Å². The van der Waals surface area contributed by atoms with Gasteiger partial charge in [-0.1, -0.05) is 40.2 Å². The zero-order chi connectivity index (χ0) is 20.3. The van der Waals surface area contributed by atoms with Crippen molar-refractivity contribution in [2.75, 3.05) is 26.2 Å². The molecule has 0 atom stereocenters. The molecule has 1 aliphatic heterocycles. The highest BCUT2D eigenvalue weighted by atomic mass is 79.9. The van der Waals surface area contributed by atoms with E-state index < -0.39 is 10.0 Å². The van der Waals surface area contributed by atoms with Crippen LogP contribution in [0.1, 0.15) is 22.8 Å². The van der Waals surface area contributed by atoms with Crippen molar-refractivity contribution in [1.29, 1.82) is 0 Å². The summed E-state index contributed by atoms with van der Waals surface area (Å²) < 4.78 is 27.9. The van der Waals surface area contributed by atoms with E-state index in [1.165, 1.54) is 35.5 Å². The van der Waals surface area contributed by atoms with Gasteiger partial charge in [-0.25, -0.2) is 8.42 Å². The van der Waals surface area contributed by atoms with Crippen LogP contribution >= 0.6 is 15.9 Å². The quantitative estimate of drug-likeness (QED) is 0.637. The molecule has 0 radical (unpaired) electrons. The van der Waals surface area contributed by atoms with E-state index in [0.717, 1.165) is 10.0 Å². The van der Waals surface area contributed by atoms with Crippen LogP contribution in [0.5, 0.6) is 0 Å². The van der Waals surface area contributed by atoms with E-state index in [-0.39, 0.29) is 29.7 Å². The fourth-order valence-electron chi connectivity index (χ4n) is 3.12. The SMILES string of the molecule is CC(=O)c1ccc(S(=O)(=O)N2CCN(C(=O)Cc3cccc(Br)c3)CC2)cc1. The minimum Gasteiger partial charge on any atom is -0.340 e. The molecule has 6 nitrogen and oxygen atoms in total. The number of Topliss-reactive ketones (excluding diaryl/α,β-unsaturated/α-hetero) is 1. The van der Waals surface area contributed by atoms with E-state index in [4.69, 9.17) is 0 Å². The molecule has 2 aromatic carbocycles. The number of amides is 1. The number of piperazine rings is 1. The number of rotatable bonds is 5. The molecule has 28 heavy (non-hydrogen) atoms. The minimum atomic E-state index is -3.64. The van der Waals surface area contributed by atoms with Crippen molar-refractivity contribution in [1.82, 2.24) is 9.21 Å². The van der Waals surface area contributed by atoms with Crippen molar-refractivity contribution in [2.24, 2.45) is 0 Å². The van der Waals surface area contributed by atoms with Crippen LogP contribution in [0.3, 0.4) is 0 Å². The van der Waals surface area contributed by atoms with Crippen LogP contribution in [0.15, 0.2) is 57.9 Å². The Kier molecular flexibility index (Phi) is 6.32. The van der Waals surface area contributed by atoms with E-state index in [0.29, 0.717) is 25.1 Å². The molecule has 0 bridgehead atoms. The van der Waals surface area contributed by atoms with Crippen molar-refractivity contribution < 1.29 is 18.0 Å². The normalized spacial score (nSPS) is 15.4. The largest absolute Gasteiger partial charge is 0.340 e. The highest BCUT2D eigenvalue weighted by Gasteiger charge is 2.30. The van der Waals surface area contributed by atoms with Crippen LogP contribution < -0.4 is 0 Å². The van der Waals surface area contributed by atoms with Crippen LogP contribution in [0, 0.1) is 0 Å². The number of halogens is 1. The summed E-state index contributed by atoms with van der Waals surface area (Å²) in [7, 11) is -3.64. The van der Waals surface area contributed by atoms with Crippen molar-refractivity contribution in [2.45, 2.75) is 18.2 Å². The van der Waals surface area contributed by atoms with Crippen LogP contribution in [0.2, 0.25) is 0 Å². The van der Waals surface area contributed by atoms with Gasteiger partial charge in [0, 0.05) is 36.2 Å². The zero-order valence-electron chi connectivity index (χ0n) is 15.5. The lowest BCUT2D eigenvalue weighted by atomic mass is 10.1. The summed E-state index contributed by atoms with van der Waals surface area (Å²) in [6.45, 7) is 2.66. The summed E-state index contributed by atoms with van der Waals surface area (Å²) >= 11 is 3.40. The fraction of sp³-hybridized carbons (Fsp3) is 0.300. The van der Waals surface area contributed by atoms with E-state index in [1.807, 2.05) is 24.3 Å². The maximum Gasteiger partial charge on any atom is 0.243 e. The average Bonchev–Trinajstić information content (AvgIpc) is 2.68. The van der Waals surface area contributed by atoms with Crippen LogP contribution in [0.25, 0.3) is 0 Å². The first-order valence-corrected chi connectivity index (χ1v) is 11.1. The second kappa shape index (κ2) is 8.55. The Bertz CT molecular complexity index is 982. The molecule has 0 saturated carbocycles. The summed E-state index contributed by atoms with van der Waals surface area (Å²) in [6, 6.07) is 13.5. The van der Waals surface area contributed by atoms with Gasteiger partial charge in [-0.2, -0.15) is 4.31 Å². The van der Waals surface area contributed by atoms with Gasteiger partial charge in [-0.3, -0.25) is 9.59 Å². The van der Waals surface area contributed by atoms with E-state index in [9.17, 15) is 18.0 Å². The highest BCUT2D eigenvalue weighted by Crippen LogP contribution is 2.19. The molecular formula is C20H21BrN2O4S. The second-order valence-corrected chi connectivity index (χ2v) is 9.53. The molecule has 1 saturated heterocycles. The summed E-state index contributed by atoms with van der Waals surface area (Å²) in [6.07, 6.45) is 0.290. The van der Waals surface area contributed by atoms with Gasteiger partial charge in [0.2, 0.25) is 15.9 Å². The average molecular weight is 465 g/mol. The van der Waals surface area contributed by atoms with Gasteiger partial charge in [0.05, 0.1) is 11.3 Å². The van der Waals surface area contributed by atoms with Gasteiger partial charge >= 0.3 is 0 Å². The fourth-order valence-corrected chi connectivity index (χ4v) is 4.99. The molecular weight excluding hydrogens is 444 g/mol. The Balaban J connectivity index is 1.62. The molecule has 1 fully saturated rings. The van der Waals surface area contributed by atoms with Gasteiger partial charge < -0.3 is 4.90 Å². The number of carbonyl (C=O) groups is 2. The first kappa shape index (κ1) is 20.7. The summed E-state index contributed by atoms with van der Waals surface area (Å²) in [5.41, 5.74) is 1.39. The zero-order valence-corrected chi connectivity index (χ0v) is 17.9. The Morgan fingerprint density at radius 2 is 1.64 bits per heavy atom. The smallest absolute Gasteiger partial charge is 0.243 e. The lowest BCUT2D eigenvalue weighted by Crippen LogP contribution is -2.50. The van der Waals surface area contributed by atoms with Crippen molar-refractivity contribution in [3.63, 3.8) is 0 Å². The first-order chi connectivity index (χ1) is 13.3. The van der Waals surface area contributed by atoms with Gasteiger partial charge in [0.15, 0.2) is 5.78 Å². The Morgan fingerprint density at radius 3 is 2.21 bits per heavy atom. The van der Waals surface area contributed by atoms with Gasteiger partial charge in [0.1, 0.15) is 0 Å². The number of nitrogens with zero attached hydrogens (tertiary/aromatic N) is 2. The molecule has 8 heteroatoms. The van der Waals surface area contributed by atoms with Crippen molar-refractivity contribution in [3.05, 3.63) is 64.1 Å².